The van der Waals surface area contributed by atoms with E-state index < -0.39 is 17.7 Å². The molecule has 96 valence electrons. The van der Waals surface area contributed by atoms with Crippen LogP contribution in [-0.2, 0) is 0 Å². The van der Waals surface area contributed by atoms with Crippen LogP contribution in [0.3, 0.4) is 0 Å². The van der Waals surface area contributed by atoms with Crippen LogP contribution in [0.2, 0.25) is 0 Å². The zero-order valence-electron chi connectivity index (χ0n) is 9.79. The summed E-state index contributed by atoms with van der Waals surface area (Å²) >= 11 is 0. The SMILES string of the molecule is NC(c1c(F)cccc1F)c1cnn2ccncc12. The maximum absolute atomic E-state index is 13.7. The Hall–Kier alpha value is -2.34. The predicted molar refractivity (Wildman–Crippen MR) is 65.4 cm³/mol. The van der Waals surface area contributed by atoms with E-state index in [-0.39, 0.29) is 5.56 Å². The Bertz CT molecular complexity index is 718. The monoisotopic (exact) mass is 260 g/mol. The largest absolute Gasteiger partial charge is 0.320 e. The molecule has 0 aliphatic heterocycles. The van der Waals surface area contributed by atoms with Gasteiger partial charge in [-0.2, -0.15) is 5.10 Å². The Balaban J connectivity index is 2.16. The number of nitrogens with two attached hydrogens (primary N) is 1. The summed E-state index contributed by atoms with van der Waals surface area (Å²) in [5.74, 6) is -1.34. The third-order valence-corrected chi connectivity index (χ3v) is 3.00. The average Bonchev–Trinajstić information content (AvgIpc) is 2.82. The van der Waals surface area contributed by atoms with E-state index in [1.165, 1.54) is 24.4 Å². The summed E-state index contributed by atoms with van der Waals surface area (Å²) < 4.78 is 29.0. The van der Waals surface area contributed by atoms with Gasteiger partial charge in [0, 0.05) is 23.5 Å². The summed E-state index contributed by atoms with van der Waals surface area (Å²) in [7, 11) is 0. The third-order valence-electron chi connectivity index (χ3n) is 3.00. The van der Waals surface area contributed by atoms with Gasteiger partial charge in [0.1, 0.15) is 11.6 Å². The van der Waals surface area contributed by atoms with Crippen LogP contribution in [0.5, 0.6) is 0 Å². The van der Waals surface area contributed by atoms with Crippen molar-refractivity contribution in [1.82, 2.24) is 14.6 Å². The van der Waals surface area contributed by atoms with Crippen LogP contribution in [0.25, 0.3) is 5.52 Å². The van der Waals surface area contributed by atoms with E-state index in [0.717, 1.165) is 0 Å². The molecule has 0 saturated heterocycles. The van der Waals surface area contributed by atoms with Gasteiger partial charge >= 0.3 is 0 Å². The summed E-state index contributed by atoms with van der Waals surface area (Å²) in [5, 5.41) is 4.08. The van der Waals surface area contributed by atoms with Gasteiger partial charge in [0.05, 0.1) is 24.0 Å². The summed E-state index contributed by atoms with van der Waals surface area (Å²) in [6.07, 6.45) is 6.26. The second-order valence-corrected chi connectivity index (χ2v) is 4.12. The Morgan fingerprint density at radius 2 is 1.89 bits per heavy atom. The Morgan fingerprint density at radius 1 is 1.16 bits per heavy atom. The second-order valence-electron chi connectivity index (χ2n) is 4.12. The number of nitrogens with zero attached hydrogens (tertiary/aromatic N) is 3. The number of halogens is 2. The quantitative estimate of drug-likeness (QED) is 0.767. The fourth-order valence-electron chi connectivity index (χ4n) is 2.06. The van der Waals surface area contributed by atoms with Gasteiger partial charge in [0.2, 0.25) is 0 Å². The Labute approximate surface area is 107 Å². The molecule has 1 unspecified atom stereocenters. The molecule has 1 atom stereocenters. The smallest absolute Gasteiger partial charge is 0.131 e. The molecule has 0 amide bonds. The van der Waals surface area contributed by atoms with Crippen molar-refractivity contribution in [3.05, 3.63) is 65.7 Å². The maximum Gasteiger partial charge on any atom is 0.131 e. The van der Waals surface area contributed by atoms with Gasteiger partial charge in [-0.15, -0.1) is 0 Å². The molecule has 0 aliphatic rings. The van der Waals surface area contributed by atoms with E-state index >= 15 is 0 Å². The fraction of sp³-hybridized carbons (Fsp3) is 0.0769. The molecule has 1 aromatic carbocycles. The minimum Gasteiger partial charge on any atom is -0.320 e. The van der Waals surface area contributed by atoms with Gasteiger partial charge in [0.15, 0.2) is 0 Å². The molecule has 4 nitrogen and oxygen atoms in total. The van der Waals surface area contributed by atoms with Crippen molar-refractivity contribution in [2.24, 2.45) is 5.73 Å². The highest BCUT2D eigenvalue weighted by atomic mass is 19.1. The van der Waals surface area contributed by atoms with Crippen LogP contribution in [0, 0.1) is 11.6 Å². The van der Waals surface area contributed by atoms with Crippen LogP contribution in [0.15, 0.2) is 43.0 Å². The second kappa shape index (κ2) is 4.40. The molecular weight excluding hydrogens is 250 g/mol. The number of hydrogen-bond donors (Lipinski definition) is 1. The van der Waals surface area contributed by atoms with Crippen LogP contribution in [0.1, 0.15) is 17.2 Å². The number of benzene rings is 1. The van der Waals surface area contributed by atoms with Crippen molar-refractivity contribution in [3.8, 4) is 0 Å². The van der Waals surface area contributed by atoms with Crippen LogP contribution < -0.4 is 5.73 Å². The first-order chi connectivity index (χ1) is 9.18. The van der Waals surface area contributed by atoms with E-state index in [9.17, 15) is 8.78 Å². The van der Waals surface area contributed by atoms with Crippen molar-refractivity contribution in [2.45, 2.75) is 6.04 Å². The lowest BCUT2D eigenvalue weighted by atomic mass is 10.00. The number of fused-ring (bicyclic) bond motifs is 1. The summed E-state index contributed by atoms with van der Waals surface area (Å²) in [5.41, 5.74) is 6.95. The number of rotatable bonds is 2. The normalized spacial score (nSPS) is 12.8. The lowest BCUT2D eigenvalue weighted by molar-refractivity contribution is 0.544. The molecule has 3 rings (SSSR count). The van der Waals surface area contributed by atoms with E-state index in [0.29, 0.717) is 11.1 Å². The van der Waals surface area contributed by atoms with E-state index in [1.54, 1.807) is 23.1 Å². The first-order valence-corrected chi connectivity index (χ1v) is 5.65. The van der Waals surface area contributed by atoms with Crippen LogP contribution in [-0.4, -0.2) is 14.6 Å². The predicted octanol–water partition coefficient (Wildman–Crippen LogP) is 2.06. The molecule has 0 radical (unpaired) electrons. The van der Waals surface area contributed by atoms with E-state index in [2.05, 4.69) is 10.1 Å². The van der Waals surface area contributed by atoms with Gasteiger partial charge < -0.3 is 5.73 Å². The van der Waals surface area contributed by atoms with Gasteiger partial charge in [-0.05, 0) is 12.1 Å². The standard InChI is InChI=1S/C13H10F2N4/c14-9-2-1-3-10(15)12(9)13(16)8-6-18-19-5-4-17-7-11(8)19/h1-7,13H,16H2. The van der Waals surface area contributed by atoms with Crippen molar-refractivity contribution in [2.75, 3.05) is 0 Å². The van der Waals surface area contributed by atoms with Crippen molar-refractivity contribution >= 4 is 5.52 Å². The molecule has 2 aromatic heterocycles. The number of hydrogen-bond acceptors (Lipinski definition) is 3. The third kappa shape index (κ3) is 1.86. The molecule has 2 heterocycles. The Morgan fingerprint density at radius 3 is 2.63 bits per heavy atom. The molecule has 3 aromatic rings. The van der Waals surface area contributed by atoms with Gasteiger partial charge in [0.25, 0.3) is 0 Å². The van der Waals surface area contributed by atoms with Crippen molar-refractivity contribution < 1.29 is 8.78 Å². The summed E-state index contributed by atoms with van der Waals surface area (Å²) in [4.78, 5) is 3.96. The highest BCUT2D eigenvalue weighted by molar-refractivity contribution is 5.55. The molecular formula is C13H10F2N4. The van der Waals surface area contributed by atoms with Crippen molar-refractivity contribution in [3.63, 3.8) is 0 Å². The van der Waals surface area contributed by atoms with Gasteiger partial charge in [-0.25, -0.2) is 13.3 Å². The Kier molecular flexibility index (Phi) is 2.72. The fourth-order valence-corrected chi connectivity index (χ4v) is 2.06. The minimum absolute atomic E-state index is 0.166. The highest BCUT2D eigenvalue weighted by Gasteiger charge is 2.21. The maximum atomic E-state index is 13.7. The molecule has 0 saturated carbocycles. The van der Waals surface area contributed by atoms with Gasteiger partial charge in [-0.3, -0.25) is 4.98 Å². The first kappa shape index (κ1) is 11.7. The highest BCUT2D eigenvalue weighted by Crippen LogP contribution is 2.27. The minimum atomic E-state index is -0.928. The molecule has 19 heavy (non-hydrogen) atoms. The van der Waals surface area contributed by atoms with Crippen molar-refractivity contribution in [1.29, 1.82) is 0 Å². The molecule has 0 bridgehead atoms. The van der Waals surface area contributed by atoms with Crippen LogP contribution in [0.4, 0.5) is 8.78 Å². The zero-order valence-corrected chi connectivity index (χ0v) is 9.79. The number of aromatic nitrogens is 3. The molecule has 0 aliphatic carbocycles. The molecule has 2 N–H and O–H groups in total. The first-order valence-electron chi connectivity index (χ1n) is 5.65. The lowest BCUT2D eigenvalue weighted by Gasteiger charge is -2.12. The summed E-state index contributed by atoms with van der Waals surface area (Å²) in [6.45, 7) is 0. The molecule has 6 heteroatoms. The lowest BCUT2D eigenvalue weighted by Crippen LogP contribution is -2.15. The zero-order chi connectivity index (χ0) is 13.4. The molecule has 0 spiro atoms. The molecule has 0 fully saturated rings. The average molecular weight is 260 g/mol. The van der Waals surface area contributed by atoms with Crippen LogP contribution >= 0.6 is 0 Å². The summed E-state index contributed by atoms with van der Waals surface area (Å²) in [6, 6.07) is 2.74. The topological polar surface area (TPSA) is 56.2 Å². The van der Waals surface area contributed by atoms with E-state index in [1.807, 2.05) is 0 Å². The van der Waals surface area contributed by atoms with E-state index in [4.69, 9.17) is 5.73 Å². The van der Waals surface area contributed by atoms with Gasteiger partial charge in [-0.1, -0.05) is 6.07 Å².